The maximum atomic E-state index is 11.0. The van der Waals surface area contributed by atoms with Crippen molar-refractivity contribution in [1.82, 2.24) is 0 Å². The summed E-state index contributed by atoms with van der Waals surface area (Å²) in [5.74, 6) is -1.36. The number of nitrogens with two attached hydrogens (primary N) is 1. The first-order valence-electron chi connectivity index (χ1n) is 4.56. The van der Waals surface area contributed by atoms with E-state index in [9.17, 15) is 14.4 Å². The van der Waals surface area contributed by atoms with Crippen LogP contribution in [0.5, 0.6) is 0 Å². The van der Waals surface area contributed by atoms with Gasteiger partial charge in [-0.3, -0.25) is 9.59 Å². The molecule has 0 aliphatic rings. The summed E-state index contributed by atoms with van der Waals surface area (Å²) in [5.41, 5.74) is 5.15. The Morgan fingerprint density at radius 1 is 1.33 bits per heavy atom. The summed E-state index contributed by atoms with van der Waals surface area (Å²) >= 11 is 0. The van der Waals surface area contributed by atoms with Gasteiger partial charge in [-0.1, -0.05) is 6.58 Å². The van der Waals surface area contributed by atoms with Crippen LogP contribution in [-0.4, -0.2) is 24.3 Å². The van der Waals surface area contributed by atoms with E-state index in [0.29, 0.717) is 12.0 Å². The summed E-state index contributed by atoms with van der Waals surface area (Å²) in [7, 11) is 0. The molecule has 0 aliphatic heterocycles. The fourth-order valence-corrected chi connectivity index (χ4v) is 0.840. The van der Waals surface area contributed by atoms with Crippen molar-refractivity contribution in [2.24, 2.45) is 5.73 Å². The molecule has 0 saturated heterocycles. The lowest BCUT2D eigenvalue weighted by atomic mass is 10.2. The van der Waals surface area contributed by atoms with Gasteiger partial charge in [-0.2, -0.15) is 0 Å². The third-order valence-electron chi connectivity index (χ3n) is 1.55. The van der Waals surface area contributed by atoms with E-state index in [1.165, 1.54) is 0 Å². The summed E-state index contributed by atoms with van der Waals surface area (Å²) in [4.78, 5) is 32.2. The number of primary amides is 1. The van der Waals surface area contributed by atoms with Gasteiger partial charge in [-0.05, 0) is 13.3 Å². The number of ether oxygens (including phenoxy) is 1. The Hall–Kier alpha value is -1.65. The summed E-state index contributed by atoms with van der Waals surface area (Å²) in [5, 5.41) is 0. The summed E-state index contributed by atoms with van der Waals surface area (Å²) < 4.78 is 4.75. The molecule has 84 valence electrons. The molecule has 0 radical (unpaired) electrons. The Morgan fingerprint density at radius 2 is 1.93 bits per heavy atom. The highest BCUT2D eigenvalue weighted by atomic mass is 16.5. The lowest BCUT2D eigenvalue weighted by Crippen LogP contribution is -2.16. The first-order chi connectivity index (χ1) is 6.93. The van der Waals surface area contributed by atoms with Gasteiger partial charge in [-0.15, -0.1) is 0 Å². The molecule has 0 fully saturated rings. The number of rotatable bonds is 7. The van der Waals surface area contributed by atoms with E-state index in [2.05, 4.69) is 6.58 Å². The largest absolute Gasteiger partial charge is 0.462 e. The first kappa shape index (κ1) is 13.4. The second kappa shape index (κ2) is 6.75. The van der Waals surface area contributed by atoms with E-state index >= 15 is 0 Å². The van der Waals surface area contributed by atoms with Crippen molar-refractivity contribution in [1.29, 1.82) is 0 Å². The van der Waals surface area contributed by atoms with E-state index in [1.807, 2.05) is 0 Å². The number of esters is 1. The van der Waals surface area contributed by atoms with Crippen molar-refractivity contribution in [2.75, 3.05) is 6.61 Å². The number of amides is 1. The van der Waals surface area contributed by atoms with E-state index in [4.69, 9.17) is 10.5 Å². The third-order valence-corrected chi connectivity index (χ3v) is 1.55. The number of carbonyl (C=O) groups excluding carboxylic acids is 3. The molecule has 0 unspecified atom stereocenters. The van der Waals surface area contributed by atoms with Crippen LogP contribution in [0, 0.1) is 0 Å². The van der Waals surface area contributed by atoms with Gasteiger partial charge in [-0.25, -0.2) is 4.79 Å². The Morgan fingerprint density at radius 3 is 2.40 bits per heavy atom. The standard InChI is InChI=1S/C10H15NO4/c1-7(2)10(14)15-5-3-4-8(12)6-9(11)13/h1,3-6H2,2H3,(H2,11,13). The van der Waals surface area contributed by atoms with Gasteiger partial charge in [0.15, 0.2) is 0 Å². The van der Waals surface area contributed by atoms with Gasteiger partial charge in [0.05, 0.1) is 13.0 Å². The number of hydrogen-bond acceptors (Lipinski definition) is 4. The van der Waals surface area contributed by atoms with Crippen molar-refractivity contribution in [2.45, 2.75) is 26.2 Å². The highest BCUT2D eigenvalue weighted by molar-refractivity contribution is 5.97. The fraction of sp³-hybridized carbons (Fsp3) is 0.500. The fourth-order valence-electron chi connectivity index (χ4n) is 0.840. The van der Waals surface area contributed by atoms with Crippen LogP contribution in [-0.2, 0) is 19.1 Å². The average Bonchev–Trinajstić information content (AvgIpc) is 2.10. The minimum absolute atomic E-state index is 0.149. The summed E-state index contributed by atoms with van der Waals surface area (Å²) in [6.45, 7) is 5.10. The van der Waals surface area contributed by atoms with Crippen molar-refractivity contribution in [3.05, 3.63) is 12.2 Å². The molecule has 0 aromatic heterocycles. The molecular weight excluding hydrogens is 198 g/mol. The zero-order chi connectivity index (χ0) is 11.8. The highest BCUT2D eigenvalue weighted by Crippen LogP contribution is 1.98. The molecule has 15 heavy (non-hydrogen) atoms. The van der Waals surface area contributed by atoms with E-state index in [-0.39, 0.29) is 25.2 Å². The number of carbonyl (C=O) groups is 3. The molecule has 0 atom stereocenters. The Kier molecular flexibility index (Phi) is 6.01. The van der Waals surface area contributed by atoms with Crippen molar-refractivity contribution < 1.29 is 19.1 Å². The minimum Gasteiger partial charge on any atom is -0.462 e. The van der Waals surface area contributed by atoms with Crippen LogP contribution in [0.4, 0.5) is 0 Å². The molecule has 0 saturated carbocycles. The zero-order valence-electron chi connectivity index (χ0n) is 8.75. The summed E-state index contributed by atoms with van der Waals surface area (Å²) in [6.07, 6.45) is 0.325. The van der Waals surface area contributed by atoms with Gasteiger partial charge in [0.25, 0.3) is 0 Å². The Balaban J connectivity index is 3.55. The maximum Gasteiger partial charge on any atom is 0.333 e. The van der Waals surface area contributed by atoms with Crippen LogP contribution in [0.25, 0.3) is 0 Å². The van der Waals surface area contributed by atoms with Crippen LogP contribution >= 0.6 is 0 Å². The predicted molar refractivity (Wildman–Crippen MR) is 53.8 cm³/mol. The molecule has 0 aromatic rings. The van der Waals surface area contributed by atoms with Gasteiger partial charge in [0, 0.05) is 12.0 Å². The smallest absolute Gasteiger partial charge is 0.333 e. The molecule has 0 rings (SSSR count). The second-order valence-electron chi connectivity index (χ2n) is 3.20. The lowest BCUT2D eigenvalue weighted by Gasteiger charge is -2.03. The highest BCUT2D eigenvalue weighted by Gasteiger charge is 2.07. The quantitative estimate of drug-likeness (QED) is 0.286. The number of hydrogen-bond donors (Lipinski definition) is 1. The molecule has 0 aromatic carbocycles. The molecule has 0 aliphatic carbocycles. The van der Waals surface area contributed by atoms with Crippen molar-refractivity contribution >= 4 is 17.7 Å². The van der Waals surface area contributed by atoms with Gasteiger partial charge in [0.2, 0.25) is 5.91 Å². The number of ketones is 1. The monoisotopic (exact) mass is 213 g/mol. The Labute approximate surface area is 88.3 Å². The SMILES string of the molecule is C=C(C)C(=O)OCCCC(=O)CC(N)=O. The minimum atomic E-state index is -0.640. The van der Waals surface area contributed by atoms with E-state index < -0.39 is 11.9 Å². The van der Waals surface area contributed by atoms with Crippen molar-refractivity contribution in [3.63, 3.8) is 0 Å². The summed E-state index contributed by atoms with van der Waals surface area (Å²) in [6, 6.07) is 0. The topological polar surface area (TPSA) is 86.5 Å². The van der Waals surface area contributed by atoms with Crippen LogP contribution in [0.2, 0.25) is 0 Å². The molecule has 5 nitrogen and oxygen atoms in total. The molecule has 5 heteroatoms. The lowest BCUT2D eigenvalue weighted by molar-refractivity contribution is -0.139. The van der Waals surface area contributed by atoms with Gasteiger partial charge < -0.3 is 10.5 Å². The van der Waals surface area contributed by atoms with Crippen LogP contribution < -0.4 is 5.73 Å². The van der Waals surface area contributed by atoms with E-state index in [0.717, 1.165) is 0 Å². The first-order valence-corrected chi connectivity index (χ1v) is 4.56. The van der Waals surface area contributed by atoms with Gasteiger partial charge >= 0.3 is 5.97 Å². The van der Waals surface area contributed by atoms with E-state index in [1.54, 1.807) is 6.92 Å². The second-order valence-corrected chi connectivity index (χ2v) is 3.20. The van der Waals surface area contributed by atoms with Crippen LogP contribution in [0.3, 0.4) is 0 Å². The normalized spacial score (nSPS) is 9.40. The molecular formula is C10H15NO4. The third kappa shape index (κ3) is 7.42. The zero-order valence-corrected chi connectivity index (χ0v) is 8.75. The average molecular weight is 213 g/mol. The molecule has 2 N–H and O–H groups in total. The molecule has 0 spiro atoms. The predicted octanol–water partition coefficient (Wildman–Crippen LogP) is 0.330. The molecule has 1 amide bonds. The van der Waals surface area contributed by atoms with Crippen LogP contribution in [0.15, 0.2) is 12.2 Å². The van der Waals surface area contributed by atoms with Crippen molar-refractivity contribution in [3.8, 4) is 0 Å². The number of Topliss-reactive ketones (excluding diaryl/α,β-unsaturated/α-hetero) is 1. The Bertz CT molecular complexity index is 283. The molecule has 0 bridgehead atoms. The maximum absolute atomic E-state index is 11.0. The van der Waals surface area contributed by atoms with Crippen LogP contribution in [0.1, 0.15) is 26.2 Å². The molecule has 0 heterocycles. The van der Waals surface area contributed by atoms with Gasteiger partial charge in [0.1, 0.15) is 5.78 Å².